The van der Waals surface area contributed by atoms with E-state index in [2.05, 4.69) is 0 Å². The third-order valence-electron chi connectivity index (χ3n) is 2.08. The third kappa shape index (κ3) is 1.55. The first-order valence-corrected chi connectivity index (χ1v) is 4.40. The Morgan fingerprint density at radius 2 is 2.36 bits per heavy atom. The minimum absolute atomic E-state index is 0.134. The summed E-state index contributed by atoms with van der Waals surface area (Å²) in [6.45, 7) is 2.28. The molecule has 4 heteroatoms. The largest absolute Gasteiger partial charge is 0.444 e. The Hall–Kier alpha value is -1.58. The number of carbonyl (C=O) groups is 1. The van der Waals surface area contributed by atoms with Crippen molar-refractivity contribution < 1.29 is 13.9 Å². The smallest absolute Gasteiger partial charge is 0.414 e. The Labute approximate surface area is 81.1 Å². The molecule has 1 aromatic carbocycles. The van der Waals surface area contributed by atoms with Crippen molar-refractivity contribution in [3.63, 3.8) is 0 Å². The summed E-state index contributed by atoms with van der Waals surface area (Å²) < 4.78 is 17.8. The van der Waals surface area contributed by atoms with Gasteiger partial charge in [-0.2, -0.15) is 0 Å². The van der Waals surface area contributed by atoms with Crippen molar-refractivity contribution in [1.82, 2.24) is 0 Å². The number of cyclic esters (lactones) is 1. The Morgan fingerprint density at radius 3 is 2.93 bits per heavy atom. The van der Waals surface area contributed by atoms with Gasteiger partial charge in [0.2, 0.25) is 0 Å². The summed E-state index contributed by atoms with van der Waals surface area (Å²) in [4.78, 5) is 12.7. The number of halogens is 1. The zero-order valence-electron chi connectivity index (χ0n) is 7.74. The summed E-state index contributed by atoms with van der Waals surface area (Å²) in [5, 5.41) is 0. The molecule has 1 fully saturated rings. The van der Waals surface area contributed by atoms with Crippen molar-refractivity contribution in [2.45, 2.75) is 13.0 Å². The van der Waals surface area contributed by atoms with E-state index in [4.69, 9.17) is 4.74 Å². The van der Waals surface area contributed by atoms with Crippen LogP contribution in [0.4, 0.5) is 14.9 Å². The average molecular weight is 195 g/mol. The van der Waals surface area contributed by atoms with Crippen LogP contribution in [0.15, 0.2) is 24.3 Å². The minimum atomic E-state index is -0.414. The number of ether oxygens (including phenoxy) is 1. The van der Waals surface area contributed by atoms with E-state index in [1.807, 2.05) is 0 Å². The van der Waals surface area contributed by atoms with Crippen LogP contribution in [0.25, 0.3) is 0 Å². The van der Waals surface area contributed by atoms with Crippen LogP contribution in [-0.4, -0.2) is 18.7 Å². The van der Waals surface area contributed by atoms with E-state index in [-0.39, 0.29) is 11.9 Å². The standard InChI is InChI=1S/C10H10FNO2/c1-7-6-12(10(13)14-7)9-4-2-3-8(11)5-9/h2-5,7H,6H2,1H3. The van der Waals surface area contributed by atoms with Crippen molar-refractivity contribution in [3.05, 3.63) is 30.1 Å². The van der Waals surface area contributed by atoms with Crippen molar-refractivity contribution in [2.75, 3.05) is 11.4 Å². The molecule has 0 aliphatic carbocycles. The molecule has 1 unspecified atom stereocenters. The molecule has 14 heavy (non-hydrogen) atoms. The number of carbonyl (C=O) groups excluding carboxylic acids is 1. The van der Waals surface area contributed by atoms with Crippen LogP contribution in [0, 0.1) is 5.82 Å². The quantitative estimate of drug-likeness (QED) is 0.687. The normalized spacial score (nSPS) is 21.1. The monoisotopic (exact) mass is 195 g/mol. The van der Waals surface area contributed by atoms with Crippen molar-refractivity contribution in [1.29, 1.82) is 0 Å². The van der Waals surface area contributed by atoms with Gasteiger partial charge < -0.3 is 4.74 Å². The van der Waals surface area contributed by atoms with Gasteiger partial charge in [-0.25, -0.2) is 9.18 Å². The fraction of sp³-hybridized carbons (Fsp3) is 0.300. The second-order valence-corrected chi connectivity index (χ2v) is 3.28. The predicted octanol–water partition coefficient (Wildman–Crippen LogP) is 2.17. The van der Waals surface area contributed by atoms with E-state index in [9.17, 15) is 9.18 Å². The topological polar surface area (TPSA) is 29.5 Å². The maximum atomic E-state index is 12.9. The molecule has 74 valence electrons. The average Bonchev–Trinajstić information content (AvgIpc) is 2.45. The molecule has 3 nitrogen and oxygen atoms in total. The number of anilines is 1. The highest BCUT2D eigenvalue weighted by molar-refractivity contribution is 5.89. The van der Waals surface area contributed by atoms with Crippen LogP contribution in [0.2, 0.25) is 0 Å². The lowest BCUT2D eigenvalue weighted by Crippen LogP contribution is -2.23. The van der Waals surface area contributed by atoms with E-state index in [0.717, 1.165) is 0 Å². The highest BCUT2D eigenvalue weighted by atomic mass is 19.1. The number of amides is 1. The first-order valence-electron chi connectivity index (χ1n) is 4.40. The van der Waals surface area contributed by atoms with Crippen LogP contribution in [0.1, 0.15) is 6.92 Å². The highest BCUT2D eigenvalue weighted by Gasteiger charge is 2.29. The van der Waals surface area contributed by atoms with Gasteiger partial charge in [-0.05, 0) is 25.1 Å². The van der Waals surface area contributed by atoms with Gasteiger partial charge in [0, 0.05) is 0 Å². The van der Waals surface area contributed by atoms with E-state index in [1.54, 1.807) is 19.1 Å². The number of hydrogen-bond donors (Lipinski definition) is 0. The first-order chi connectivity index (χ1) is 6.66. The van der Waals surface area contributed by atoms with Crippen molar-refractivity contribution in [3.8, 4) is 0 Å². The molecule has 0 bridgehead atoms. The molecule has 1 saturated heterocycles. The number of hydrogen-bond acceptors (Lipinski definition) is 2. The van der Waals surface area contributed by atoms with Crippen LogP contribution in [0.5, 0.6) is 0 Å². The van der Waals surface area contributed by atoms with Gasteiger partial charge in [-0.3, -0.25) is 4.90 Å². The summed E-state index contributed by atoms with van der Waals surface area (Å²) in [6, 6.07) is 5.91. The molecule has 0 saturated carbocycles. The fourth-order valence-corrected chi connectivity index (χ4v) is 1.46. The SMILES string of the molecule is CC1CN(c2cccc(F)c2)C(=O)O1. The van der Waals surface area contributed by atoms with E-state index in [0.29, 0.717) is 12.2 Å². The van der Waals surface area contributed by atoms with Crippen LogP contribution < -0.4 is 4.90 Å². The molecule has 1 aromatic rings. The Bertz CT molecular complexity index is 367. The van der Waals surface area contributed by atoms with Gasteiger partial charge in [0.05, 0.1) is 12.2 Å². The second-order valence-electron chi connectivity index (χ2n) is 3.28. The van der Waals surface area contributed by atoms with Crippen LogP contribution in [0.3, 0.4) is 0 Å². The predicted molar refractivity (Wildman–Crippen MR) is 49.7 cm³/mol. The molecule has 2 rings (SSSR count). The lowest BCUT2D eigenvalue weighted by atomic mass is 10.3. The van der Waals surface area contributed by atoms with E-state index >= 15 is 0 Å². The summed E-state index contributed by atoms with van der Waals surface area (Å²) >= 11 is 0. The molecule has 1 amide bonds. The van der Waals surface area contributed by atoms with E-state index < -0.39 is 6.09 Å². The lowest BCUT2D eigenvalue weighted by Gasteiger charge is -2.11. The molecule has 1 aliphatic heterocycles. The van der Waals surface area contributed by atoms with E-state index in [1.165, 1.54) is 17.0 Å². The van der Waals surface area contributed by atoms with Gasteiger partial charge in [-0.15, -0.1) is 0 Å². The van der Waals surface area contributed by atoms with Gasteiger partial charge in [-0.1, -0.05) is 6.07 Å². The molecule has 1 heterocycles. The molecule has 0 aromatic heterocycles. The maximum absolute atomic E-state index is 12.9. The third-order valence-corrected chi connectivity index (χ3v) is 2.08. The number of nitrogens with zero attached hydrogens (tertiary/aromatic N) is 1. The molecule has 1 atom stereocenters. The maximum Gasteiger partial charge on any atom is 0.414 e. The highest BCUT2D eigenvalue weighted by Crippen LogP contribution is 2.21. The van der Waals surface area contributed by atoms with Gasteiger partial charge in [0.25, 0.3) is 0 Å². The minimum Gasteiger partial charge on any atom is -0.444 e. The van der Waals surface area contributed by atoms with Crippen LogP contribution in [-0.2, 0) is 4.74 Å². The Kier molecular flexibility index (Phi) is 2.11. The van der Waals surface area contributed by atoms with Gasteiger partial charge >= 0.3 is 6.09 Å². The van der Waals surface area contributed by atoms with Crippen molar-refractivity contribution in [2.24, 2.45) is 0 Å². The second kappa shape index (κ2) is 3.29. The summed E-state index contributed by atoms with van der Waals surface area (Å²) in [6.07, 6.45) is -0.547. The molecular formula is C10H10FNO2. The van der Waals surface area contributed by atoms with Crippen molar-refractivity contribution >= 4 is 11.8 Å². The summed E-state index contributed by atoms with van der Waals surface area (Å²) in [5.74, 6) is -0.352. The lowest BCUT2D eigenvalue weighted by molar-refractivity contribution is 0.150. The molecular weight excluding hydrogens is 185 g/mol. The summed E-state index contributed by atoms with van der Waals surface area (Å²) in [7, 11) is 0. The van der Waals surface area contributed by atoms with Crippen LogP contribution >= 0.6 is 0 Å². The zero-order chi connectivity index (χ0) is 10.1. The molecule has 0 N–H and O–H groups in total. The molecule has 0 spiro atoms. The Balaban J connectivity index is 2.27. The number of benzene rings is 1. The molecule has 1 aliphatic rings. The summed E-state index contributed by atoms with van der Waals surface area (Å²) in [5.41, 5.74) is 0.541. The fourth-order valence-electron chi connectivity index (χ4n) is 1.46. The van der Waals surface area contributed by atoms with Gasteiger partial charge in [0.15, 0.2) is 0 Å². The first kappa shape index (κ1) is 8.99. The zero-order valence-corrected chi connectivity index (χ0v) is 7.74. The Morgan fingerprint density at radius 1 is 1.57 bits per heavy atom. The number of rotatable bonds is 1. The van der Waals surface area contributed by atoms with Gasteiger partial charge in [0.1, 0.15) is 11.9 Å². The molecule has 0 radical (unpaired) electrons.